The number of rotatable bonds is 4. The first-order valence-electron chi connectivity index (χ1n) is 4.15. The van der Waals surface area contributed by atoms with Crippen LogP contribution in [0, 0.1) is 0 Å². The van der Waals surface area contributed by atoms with Crippen molar-refractivity contribution in [1.82, 2.24) is 0 Å². The average Bonchev–Trinajstić information content (AvgIpc) is 2.41. The Morgan fingerprint density at radius 2 is 2.00 bits per heavy atom. The predicted molar refractivity (Wildman–Crippen MR) is 45.3 cm³/mol. The van der Waals surface area contributed by atoms with Crippen LogP contribution >= 0.6 is 0 Å². The molecule has 0 aromatic rings. The molecule has 1 aliphatic rings. The molecule has 16 heavy (non-hydrogen) atoms. The van der Waals surface area contributed by atoms with Crippen LogP contribution in [0.25, 0.3) is 0 Å². The molecule has 96 valence electrons. The highest BCUT2D eigenvalue weighted by Gasteiger charge is 2.58. The van der Waals surface area contributed by atoms with Gasteiger partial charge in [-0.2, -0.15) is 13.4 Å². The van der Waals surface area contributed by atoms with E-state index >= 15 is 0 Å². The first-order chi connectivity index (χ1) is 7.25. The van der Waals surface area contributed by atoms with Gasteiger partial charge in [0.1, 0.15) is 24.1 Å². The van der Waals surface area contributed by atoms with Crippen LogP contribution in [-0.4, -0.2) is 64.7 Å². The van der Waals surface area contributed by atoms with E-state index in [9.17, 15) is 23.2 Å². The standard InChI is InChI=1S/C6H11FO8S/c7-15-6(2-16(11,12)13)5(10)4(9)3(1-8)14-6/h3-5,8-10H,1-2H2,(H,11,12,13)/t3-,4-,5-,6?/m1/s1. The lowest BCUT2D eigenvalue weighted by molar-refractivity contribution is -0.348. The molecule has 10 heteroatoms. The van der Waals surface area contributed by atoms with Gasteiger partial charge in [0.25, 0.3) is 15.9 Å². The third-order valence-electron chi connectivity index (χ3n) is 2.20. The molecule has 0 bridgehead atoms. The maximum Gasteiger partial charge on any atom is 0.270 e. The molecule has 4 N–H and O–H groups in total. The van der Waals surface area contributed by atoms with E-state index in [4.69, 9.17) is 9.66 Å². The van der Waals surface area contributed by atoms with Crippen molar-refractivity contribution >= 4 is 10.1 Å². The van der Waals surface area contributed by atoms with E-state index in [2.05, 4.69) is 9.68 Å². The zero-order valence-corrected chi connectivity index (χ0v) is 8.67. The molecule has 4 atom stereocenters. The Morgan fingerprint density at radius 3 is 2.31 bits per heavy atom. The van der Waals surface area contributed by atoms with Gasteiger partial charge < -0.3 is 20.1 Å². The summed E-state index contributed by atoms with van der Waals surface area (Å²) in [5.74, 6) is -4.15. The van der Waals surface area contributed by atoms with Crippen molar-refractivity contribution in [1.29, 1.82) is 0 Å². The summed E-state index contributed by atoms with van der Waals surface area (Å²) in [4.78, 5) is 3.21. The smallest absolute Gasteiger partial charge is 0.270 e. The highest BCUT2D eigenvalue weighted by molar-refractivity contribution is 7.85. The second-order valence-electron chi connectivity index (χ2n) is 3.39. The molecule has 0 aromatic heterocycles. The van der Waals surface area contributed by atoms with Crippen molar-refractivity contribution in [3.63, 3.8) is 0 Å². The first kappa shape index (κ1) is 13.7. The SMILES string of the molecule is O=S(=O)(O)CC1(OF)O[C@H](CO)[C@@H](O)[C@H]1O. The van der Waals surface area contributed by atoms with Crippen LogP contribution in [0.5, 0.6) is 0 Å². The quantitative estimate of drug-likeness (QED) is 0.411. The van der Waals surface area contributed by atoms with Crippen molar-refractivity contribution in [2.75, 3.05) is 12.4 Å². The second kappa shape index (κ2) is 4.49. The average molecular weight is 262 g/mol. The molecule has 1 aliphatic heterocycles. The zero-order valence-electron chi connectivity index (χ0n) is 7.85. The van der Waals surface area contributed by atoms with E-state index in [1.54, 1.807) is 0 Å². The lowest BCUT2D eigenvalue weighted by Gasteiger charge is -2.25. The Balaban J connectivity index is 2.97. The summed E-state index contributed by atoms with van der Waals surface area (Å²) in [7, 11) is -4.71. The molecular weight excluding hydrogens is 251 g/mol. The highest BCUT2D eigenvalue weighted by Crippen LogP contribution is 2.33. The summed E-state index contributed by atoms with van der Waals surface area (Å²) in [6.45, 7) is -0.783. The van der Waals surface area contributed by atoms with Crippen molar-refractivity contribution < 1.29 is 42.5 Å². The summed E-state index contributed by atoms with van der Waals surface area (Å²) in [5, 5.41) is 27.3. The summed E-state index contributed by atoms with van der Waals surface area (Å²) >= 11 is 0. The van der Waals surface area contributed by atoms with Gasteiger partial charge >= 0.3 is 0 Å². The minimum absolute atomic E-state index is 0.783. The Kier molecular flexibility index (Phi) is 3.84. The topological polar surface area (TPSA) is 134 Å². The van der Waals surface area contributed by atoms with Gasteiger partial charge in [-0.15, -0.1) is 0 Å². The summed E-state index contributed by atoms with van der Waals surface area (Å²) < 4.78 is 46.5. The Hall–Kier alpha value is -0.360. The van der Waals surface area contributed by atoms with E-state index in [1.165, 1.54) is 0 Å². The molecule has 0 radical (unpaired) electrons. The molecular formula is C6H11FO8S. The van der Waals surface area contributed by atoms with Crippen molar-refractivity contribution in [3.05, 3.63) is 0 Å². The number of hydrogen-bond acceptors (Lipinski definition) is 7. The van der Waals surface area contributed by atoms with Gasteiger partial charge in [0.2, 0.25) is 0 Å². The van der Waals surface area contributed by atoms with Gasteiger partial charge in [-0.1, -0.05) is 0 Å². The minimum Gasteiger partial charge on any atom is -0.394 e. The summed E-state index contributed by atoms with van der Waals surface area (Å²) in [6.07, 6.45) is -5.20. The molecule has 1 heterocycles. The number of ether oxygens (including phenoxy) is 1. The molecule has 8 nitrogen and oxygen atoms in total. The Morgan fingerprint density at radius 1 is 1.44 bits per heavy atom. The number of halogens is 1. The van der Waals surface area contributed by atoms with E-state index in [0.717, 1.165) is 0 Å². The fourth-order valence-electron chi connectivity index (χ4n) is 1.46. The van der Waals surface area contributed by atoms with E-state index in [0.29, 0.717) is 0 Å². The largest absolute Gasteiger partial charge is 0.394 e. The lowest BCUT2D eigenvalue weighted by Crippen LogP contribution is -2.49. The fraction of sp³-hybridized carbons (Fsp3) is 1.00. The van der Waals surface area contributed by atoms with E-state index in [1.807, 2.05) is 0 Å². The predicted octanol–water partition coefficient (Wildman–Crippen LogP) is -2.42. The molecule has 0 amide bonds. The molecule has 0 spiro atoms. The van der Waals surface area contributed by atoms with E-state index < -0.39 is 46.6 Å². The van der Waals surface area contributed by atoms with Crippen LogP contribution in [0.4, 0.5) is 4.53 Å². The Bertz CT molecular complexity index is 344. The summed E-state index contributed by atoms with van der Waals surface area (Å²) in [5.41, 5.74) is 0. The molecule has 0 aliphatic carbocycles. The van der Waals surface area contributed by atoms with Gasteiger partial charge in [-0.05, 0) is 4.53 Å². The van der Waals surface area contributed by atoms with Crippen LogP contribution in [0.15, 0.2) is 0 Å². The van der Waals surface area contributed by atoms with Crippen LogP contribution in [0.2, 0.25) is 0 Å². The molecule has 1 unspecified atom stereocenters. The number of aliphatic hydroxyl groups excluding tert-OH is 3. The van der Waals surface area contributed by atoms with E-state index in [-0.39, 0.29) is 0 Å². The highest BCUT2D eigenvalue weighted by atomic mass is 32.2. The van der Waals surface area contributed by atoms with Crippen molar-refractivity contribution in [2.45, 2.75) is 24.1 Å². The molecule has 0 saturated carbocycles. The third kappa shape index (κ3) is 2.48. The zero-order chi connectivity index (χ0) is 12.6. The normalized spacial score (nSPS) is 40.2. The monoisotopic (exact) mass is 262 g/mol. The first-order valence-corrected chi connectivity index (χ1v) is 5.76. The number of hydrogen-bond donors (Lipinski definition) is 4. The molecule has 0 aromatic carbocycles. The van der Waals surface area contributed by atoms with Crippen molar-refractivity contribution in [3.8, 4) is 0 Å². The van der Waals surface area contributed by atoms with Gasteiger partial charge in [-0.3, -0.25) is 4.55 Å². The van der Waals surface area contributed by atoms with Gasteiger partial charge in [0, 0.05) is 0 Å². The molecule has 1 rings (SSSR count). The maximum absolute atomic E-state index is 12.3. The molecule has 1 saturated heterocycles. The maximum atomic E-state index is 12.3. The lowest BCUT2D eigenvalue weighted by atomic mass is 10.1. The van der Waals surface area contributed by atoms with Crippen LogP contribution in [0.1, 0.15) is 0 Å². The van der Waals surface area contributed by atoms with Crippen LogP contribution in [0.3, 0.4) is 0 Å². The second-order valence-corrected chi connectivity index (χ2v) is 4.84. The van der Waals surface area contributed by atoms with Gasteiger partial charge in [0.15, 0.2) is 0 Å². The third-order valence-corrected chi connectivity index (χ3v) is 2.97. The van der Waals surface area contributed by atoms with Crippen LogP contribution < -0.4 is 0 Å². The number of aliphatic hydroxyl groups is 3. The Labute approximate surface area is 89.9 Å². The van der Waals surface area contributed by atoms with Gasteiger partial charge in [-0.25, -0.2) is 0 Å². The minimum atomic E-state index is -4.71. The molecule has 1 fully saturated rings. The van der Waals surface area contributed by atoms with Crippen LogP contribution in [-0.2, 0) is 19.8 Å². The van der Waals surface area contributed by atoms with Crippen molar-refractivity contribution in [2.24, 2.45) is 0 Å². The van der Waals surface area contributed by atoms with Gasteiger partial charge in [0.05, 0.1) is 6.61 Å². The summed E-state index contributed by atoms with van der Waals surface area (Å²) in [6, 6.07) is 0. The fourth-order valence-corrected chi connectivity index (χ4v) is 2.26.